The maximum absolute atomic E-state index is 14.8. The van der Waals surface area contributed by atoms with Crippen LogP contribution in [0.15, 0.2) is 36.5 Å². The summed E-state index contributed by atoms with van der Waals surface area (Å²) >= 11 is 0. The number of ether oxygens (including phenoxy) is 1. The van der Waals surface area contributed by atoms with Crippen molar-refractivity contribution in [2.45, 2.75) is 142 Å². The Kier molecular flexibility index (Phi) is 17.5. The topological polar surface area (TPSA) is 276 Å². The van der Waals surface area contributed by atoms with Gasteiger partial charge >= 0.3 is 5.97 Å². The van der Waals surface area contributed by atoms with Gasteiger partial charge in [0, 0.05) is 37.9 Å². The van der Waals surface area contributed by atoms with Crippen LogP contribution in [-0.2, 0) is 54.3 Å². The van der Waals surface area contributed by atoms with Gasteiger partial charge in [-0.2, -0.15) is 0 Å². The summed E-state index contributed by atoms with van der Waals surface area (Å²) in [7, 11) is 1.44. The number of fused-ring (bicyclic) bond motifs is 5. The fourth-order valence-corrected chi connectivity index (χ4v) is 8.16. The van der Waals surface area contributed by atoms with Crippen LogP contribution in [0, 0.1) is 29.6 Å². The number of nitrogens with zero attached hydrogens (tertiary/aromatic N) is 2. The van der Waals surface area contributed by atoms with Gasteiger partial charge in [0.1, 0.15) is 54.1 Å². The summed E-state index contributed by atoms with van der Waals surface area (Å²) in [6, 6.07) is -3.40. The van der Waals surface area contributed by atoms with Crippen molar-refractivity contribution in [1.82, 2.24) is 36.4 Å². The van der Waals surface area contributed by atoms with Crippen molar-refractivity contribution in [2.75, 3.05) is 7.05 Å². The fourth-order valence-electron chi connectivity index (χ4n) is 8.16. The van der Waals surface area contributed by atoms with Crippen molar-refractivity contribution in [1.29, 1.82) is 0 Å². The molecule has 2 fully saturated rings. The van der Waals surface area contributed by atoms with Crippen LogP contribution < -0.4 is 32.3 Å². The molecule has 0 spiro atoms. The molecule has 8 amide bonds. The molecule has 0 aliphatic carbocycles. The van der Waals surface area contributed by atoms with Crippen LogP contribution in [0.4, 0.5) is 0 Å². The van der Waals surface area contributed by atoms with Crippen LogP contribution in [-0.4, -0.2) is 124 Å². The summed E-state index contributed by atoms with van der Waals surface area (Å²) in [5.41, 5.74) is 5.94. The molecule has 4 aliphatic heterocycles. The van der Waals surface area contributed by atoms with E-state index < -0.39 is 125 Å². The number of benzene rings is 1. The molecule has 0 aromatic heterocycles. The Morgan fingerprint density at radius 1 is 0.891 bits per heavy atom. The Labute approximate surface area is 374 Å². The van der Waals surface area contributed by atoms with Crippen molar-refractivity contribution in [3.63, 3.8) is 0 Å². The second kappa shape index (κ2) is 22.1. The van der Waals surface area contributed by atoms with Gasteiger partial charge in [0.15, 0.2) is 0 Å². The monoisotopic (exact) mass is 894 g/mol. The second-order valence-electron chi connectivity index (χ2n) is 18.1. The number of phenolic OH excluding ortho intramolecular Hbond substituents is 1. The van der Waals surface area contributed by atoms with Gasteiger partial charge in [0.05, 0.1) is 0 Å². The largest absolute Gasteiger partial charge is 0.508 e. The van der Waals surface area contributed by atoms with E-state index in [0.717, 1.165) is 0 Å². The third-order valence-electron chi connectivity index (χ3n) is 12.3. The lowest BCUT2D eigenvalue weighted by Crippen LogP contribution is -2.63. The minimum Gasteiger partial charge on any atom is -0.508 e. The zero-order valence-electron chi connectivity index (χ0n) is 38.2. The van der Waals surface area contributed by atoms with E-state index in [-0.39, 0.29) is 43.8 Å². The highest BCUT2D eigenvalue weighted by atomic mass is 16.5. The number of primary amides is 1. The van der Waals surface area contributed by atoms with Gasteiger partial charge in [-0.05, 0) is 61.6 Å². The molecule has 4 heterocycles. The van der Waals surface area contributed by atoms with Crippen LogP contribution in [0.25, 0.3) is 0 Å². The van der Waals surface area contributed by atoms with E-state index in [0.29, 0.717) is 12.0 Å². The first-order valence-corrected chi connectivity index (χ1v) is 22.1. The summed E-state index contributed by atoms with van der Waals surface area (Å²) in [5.74, 6) is -9.56. The number of hydrogen-bond donors (Lipinski definition) is 7. The van der Waals surface area contributed by atoms with Crippen molar-refractivity contribution in [3.05, 3.63) is 42.1 Å². The molecular formula is C45H66N8O11. The van der Waals surface area contributed by atoms with E-state index in [9.17, 15) is 48.3 Å². The van der Waals surface area contributed by atoms with E-state index >= 15 is 0 Å². The number of phenols is 1. The minimum atomic E-state index is -1.70. The number of amides is 8. The molecule has 0 radical (unpaired) electrons. The van der Waals surface area contributed by atoms with Gasteiger partial charge in [-0.25, -0.2) is 4.79 Å². The maximum atomic E-state index is 14.8. The highest BCUT2D eigenvalue weighted by molar-refractivity contribution is 5.99. The number of cyclic esters (lactones) is 1. The Morgan fingerprint density at radius 3 is 2.12 bits per heavy atom. The molecule has 4 aliphatic rings. The lowest BCUT2D eigenvalue weighted by Gasteiger charge is -2.41. The lowest BCUT2D eigenvalue weighted by atomic mass is 9.82. The standard InChI is InChI=1S/C45H66N8O11/c1-10-24(6)37-44(62)52(9)32(21-27-11-13-29(54)14-12-27)41(59)49-34-25(7)20-28-17-18-53(37)43(61)36(28)51-40(58)31(19-22(2)3)48-42(60)35(26(8)64-45(34)63)50-39(57)30(15-16-33(46)55)47-38(56)23(4)5/h11-14,17-18,22-26,28,30-32,34-37,54H,10,15-16,19-21H2,1-9H3,(H2,46,55)(H,47,56)(H,48,60)(H,49,59)(H,50,57)(H,51,58)/t24-,25-,26+,28?,30-,31-,32-,34-,35-,36-,37-/m0/s1. The molecule has 64 heavy (non-hydrogen) atoms. The molecule has 19 heteroatoms. The number of esters is 1. The van der Waals surface area contributed by atoms with Crippen molar-refractivity contribution >= 4 is 53.2 Å². The number of aromatic hydroxyl groups is 1. The number of rotatable bonds is 13. The van der Waals surface area contributed by atoms with Gasteiger partial charge in [-0.3, -0.25) is 38.4 Å². The van der Waals surface area contributed by atoms with Crippen LogP contribution in [0.5, 0.6) is 5.75 Å². The molecular weight excluding hydrogens is 829 g/mol. The number of carbonyl (C=O) groups excluding carboxylic acids is 9. The average Bonchev–Trinajstić information content (AvgIpc) is 3.23. The van der Waals surface area contributed by atoms with Gasteiger partial charge in [-0.15, -0.1) is 0 Å². The van der Waals surface area contributed by atoms with Crippen molar-refractivity contribution in [2.24, 2.45) is 35.3 Å². The molecule has 8 N–H and O–H groups in total. The molecule has 2 saturated heterocycles. The number of nitrogens with one attached hydrogen (secondary N) is 5. The van der Waals surface area contributed by atoms with E-state index in [1.54, 1.807) is 45.9 Å². The molecule has 19 nitrogen and oxygen atoms in total. The molecule has 1 aromatic carbocycles. The molecule has 1 unspecified atom stereocenters. The molecule has 11 atom stereocenters. The summed E-state index contributed by atoms with van der Waals surface area (Å²) in [6.07, 6.45) is 1.74. The summed E-state index contributed by atoms with van der Waals surface area (Å²) in [4.78, 5) is 129. The third-order valence-corrected chi connectivity index (χ3v) is 12.3. The van der Waals surface area contributed by atoms with Crippen LogP contribution in [0.2, 0.25) is 0 Å². The predicted octanol–water partition coefficient (Wildman–Crippen LogP) is 0.525. The van der Waals surface area contributed by atoms with E-state index in [4.69, 9.17) is 10.5 Å². The number of likely N-dealkylation sites (N-methyl/N-ethyl adjacent to an activating group) is 1. The molecule has 5 rings (SSSR count). The van der Waals surface area contributed by atoms with Crippen LogP contribution >= 0.6 is 0 Å². The minimum absolute atomic E-state index is 0.0187. The van der Waals surface area contributed by atoms with E-state index in [1.807, 2.05) is 20.8 Å². The zero-order valence-corrected chi connectivity index (χ0v) is 38.2. The first-order chi connectivity index (χ1) is 30.0. The smallest absolute Gasteiger partial charge is 0.329 e. The lowest BCUT2D eigenvalue weighted by molar-refractivity contribution is -0.158. The first kappa shape index (κ1) is 50.6. The first-order valence-electron chi connectivity index (χ1n) is 22.1. The molecule has 4 bridgehead atoms. The highest BCUT2D eigenvalue weighted by Crippen LogP contribution is 2.31. The highest BCUT2D eigenvalue weighted by Gasteiger charge is 2.47. The van der Waals surface area contributed by atoms with Gasteiger partial charge in [-0.1, -0.05) is 73.1 Å². The summed E-state index contributed by atoms with van der Waals surface area (Å²) < 4.78 is 5.96. The van der Waals surface area contributed by atoms with E-state index in [1.165, 1.54) is 42.1 Å². The Balaban J connectivity index is 1.89. The summed E-state index contributed by atoms with van der Waals surface area (Å²) in [5, 5.41) is 23.5. The van der Waals surface area contributed by atoms with Crippen LogP contribution in [0.3, 0.4) is 0 Å². The summed E-state index contributed by atoms with van der Waals surface area (Å²) in [6.45, 7) is 13.5. The Morgan fingerprint density at radius 2 is 1.53 bits per heavy atom. The fraction of sp³-hybridized carbons (Fsp3) is 0.622. The quantitative estimate of drug-likeness (QED) is 0.134. The average molecular weight is 895 g/mol. The Bertz CT molecular complexity index is 1960. The molecule has 0 saturated carbocycles. The number of nitrogens with two attached hydrogens (primary N) is 1. The van der Waals surface area contributed by atoms with Crippen molar-refractivity contribution < 1.29 is 53.0 Å². The Hall–Kier alpha value is -6.01. The van der Waals surface area contributed by atoms with Gasteiger partial charge in [0.2, 0.25) is 47.3 Å². The number of hydrogen-bond acceptors (Lipinski definition) is 11. The maximum Gasteiger partial charge on any atom is 0.329 e. The van der Waals surface area contributed by atoms with Gasteiger partial charge in [0.25, 0.3) is 0 Å². The van der Waals surface area contributed by atoms with Gasteiger partial charge < -0.3 is 52.0 Å². The zero-order chi connectivity index (χ0) is 47.7. The van der Waals surface area contributed by atoms with E-state index in [2.05, 4.69) is 26.6 Å². The predicted molar refractivity (Wildman–Crippen MR) is 233 cm³/mol. The normalized spacial score (nSPS) is 28.0. The second-order valence-corrected chi connectivity index (χ2v) is 18.1. The third kappa shape index (κ3) is 12.6. The molecule has 352 valence electrons. The number of carbonyl (C=O) groups is 9. The SMILES string of the molecule is CC[C@H](C)[C@H]1C(=O)N(C)[C@@H](Cc2ccc(O)cc2)C(=O)N[C@@H]2C(=O)O[C@H](C)[C@H](NC(=O)[C@H](CCC(N)=O)NC(=O)C(C)C)C(=O)N[C@@H](CC(C)C)C(=O)N[C@@H]3C(=O)N1C=CC3C[C@@H]2C. The van der Waals surface area contributed by atoms with Crippen LogP contribution in [0.1, 0.15) is 93.1 Å². The van der Waals surface area contributed by atoms with Crippen molar-refractivity contribution in [3.8, 4) is 5.75 Å². The molecule has 1 aromatic rings.